The molecule has 0 radical (unpaired) electrons. The number of hydrogen-bond donors (Lipinski definition) is 1. The number of likely N-dealkylation sites (N-methyl/N-ethyl adjacent to an activating group) is 1. The third-order valence-electron chi connectivity index (χ3n) is 3.35. The highest BCUT2D eigenvalue weighted by Gasteiger charge is 2.12. The fraction of sp³-hybridized carbons (Fsp3) is 0.250. The summed E-state index contributed by atoms with van der Waals surface area (Å²) in [6.45, 7) is 0. The summed E-state index contributed by atoms with van der Waals surface area (Å²) in [4.78, 5) is 0. The molecule has 2 aromatic carbocycles. The van der Waals surface area contributed by atoms with Gasteiger partial charge in [0.15, 0.2) is 0 Å². The summed E-state index contributed by atoms with van der Waals surface area (Å²) in [6, 6.07) is 10.7. The molecule has 1 N–H and O–H groups in total. The summed E-state index contributed by atoms with van der Waals surface area (Å²) < 4.78 is 14.7. The lowest BCUT2D eigenvalue weighted by atomic mass is 9.99. The summed E-state index contributed by atoms with van der Waals surface area (Å²) >= 11 is 15.3. The average Bonchev–Trinajstić information content (AvgIpc) is 2.46. The summed E-state index contributed by atoms with van der Waals surface area (Å²) in [5, 5.41) is 4.30. The van der Waals surface area contributed by atoms with Crippen LogP contribution < -0.4 is 5.32 Å². The highest BCUT2D eigenvalue weighted by atomic mass is 79.9. The second-order valence-electron chi connectivity index (χ2n) is 4.88. The van der Waals surface area contributed by atoms with Gasteiger partial charge in [-0.15, -0.1) is 0 Å². The Morgan fingerprint density at radius 3 is 2.52 bits per heavy atom. The Hall–Kier alpha value is -0.610. The zero-order valence-corrected chi connectivity index (χ0v) is 14.6. The Kier molecular flexibility index (Phi) is 6.06. The molecule has 0 aliphatic carbocycles. The van der Waals surface area contributed by atoms with E-state index in [4.69, 9.17) is 23.2 Å². The van der Waals surface area contributed by atoms with Crippen molar-refractivity contribution >= 4 is 39.1 Å². The van der Waals surface area contributed by atoms with Crippen LogP contribution in [0.5, 0.6) is 0 Å². The average molecular weight is 391 g/mol. The first-order valence-electron chi connectivity index (χ1n) is 6.54. The molecule has 5 heteroatoms. The maximum absolute atomic E-state index is 13.8. The quantitative estimate of drug-likeness (QED) is 0.733. The van der Waals surface area contributed by atoms with Crippen LogP contribution in [0.2, 0.25) is 10.0 Å². The lowest BCUT2D eigenvalue weighted by Crippen LogP contribution is -2.30. The van der Waals surface area contributed by atoms with E-state index in [1.165, 1.54) is 6.07 Å². The zero-order chi connectivity index (χ0) is 15.4. The molecule has 0 aliphatic heterocycles. The van der Waals surface area contributed by atoms with E-state index in [1.54, 1.807) is 12.1 Å². The minimum atomic E-state index is -0.187. The van der Waals surface area contributed by atoms with E-state index in [9.17, 15) is 4.39 Å². The van der Waals surface area contributed by atoms with Crippen LogP contribution in [0.4, 0.5) is 4.39 Å². The summed E-state index contributed by atoms with van der Waals surface area (Å²) in [5.74, 6) is -0.187. The number of hydrogen-bond acceptors (Lipinski definition) is 1. The van der Waals surface area contributed by atoms with Crippen molar-refractivity contribution in [3.05, 3.63) is 67.9 Å². The highest BCUT2D eigenvalue weighted by Crippen LogP contribution is 2.24. The number of benzene rings is 2. The lowest BCUT2D eigenvalue weighted by Gasteiger charge is -2.17. The molecule has 0 bridgehead atoms. The normalized spacial score (nSPS) is 12.4. The van der Waals surface area contributed by atoms with Crippen molar-refractivity contribution in [3.8, 4) is 0 Å². The van der Waals surface area contributed by atoms with E-state index in [2.05, 4.69) is 21.2 Å². The first-order chi connectivity index (χ1) is 9.99. The largest absolute Gasteiger partial charge is 0.316 e. The SMILES string of the molecule is CNC(Cc1ccc(Cl)c(Cl)c1)Cc1cc(Br)ccc1F. The van der Waals surface area contributed by atoms with Gasteiger partial charge in [-0.3, -0.25) is 0 Å². The zero-order valence-electron chi connectivity index (χ0n) is 11.5. The molecule has 0 amide bonds. The van der Waals surface area contributed by atoms with Gasteiger partial charge in [-0.05, 0) is 61.3 Å². The molecule has 1 atom stereocenters. The third-order valence-corrected chi connectivity index (χ3v) is 4.58. The van der Waals surface area contributed by atoms with E-state index in [1.807, 2.05) is 25.2 Å². The van der Waals surface area contributed by atoms with Crippen LogP contribution in [-0.2, 0) is 12.8 Å². The van der Waals surface area contributed by atoms with E-state index < -0.39 is 0 Å². The lowest BCUT2D eigenvalue weighted by molar-refractivity contribution is 0.532. The van der Waals surface area contributed by atoms with Crippen molar-refractivity contribution in [3.63, 3.8) is 0 Å². The third kappa shape index (κ3) is 4.68. The molecule has 1 unspecified atom stereocenters. The monoisotopic (exact) mass is 389 g/mol. The first kappa shape index (κ1) is 16.8. The molecule has 0 saturated heterocycles. The topological polar surface area (TPSA) is 12.0 Å². The van der Waals surface area contributed by atoms with Crippen LogP contribution in [-0.4, -0.2) is 13.1 Å². The molecule has 0 spiro atoms. The standard InChI is InChI=1S/C16H15BrCl2FN/c1-21-13(6-10-2-4-14(18)15(19)7-10)9-11-8-12(17)3-5-16(11)20/h2-5,7-8,13,21H,6,9H2,1H3. The van der Waals surface area contributed by atoms with Gasteiger partial charge in [0.2, 0.25) is 0 Å². The van der Waals surface area contributed by atoms with Crippen LogP contribution >= 0.6 is 39.1 Å². The Labute approximate surface area is 142 Å². The Morgan fingerprint density at radius 1 is 1.10 bits per heavy atom. The Bertz CT molecular complexity index is 634. The highest BCUT2D eigenvalue weighted by molar-refractivity contribution is 9.10. The van der Waals surface area contributed by atoms with Crippen LogP contribution in [0.3, 0.4) is 0 Å². The molecule has 0 aliphatic rings. The van der Waals surface area contributed by atoms with Gasteiger partial charge in [0.25, 0.3) is 0 Å². The molecular formula is C16H15BrCl2FN. The molecule has 21 heavy (non-hydrogen) atoms. The predicted octanol–water partition coefficient (Wildman–Crippen LogP) is 5.27. The smallest absolute Gasteiger partial charge is 0.126 e. The number of rotatable bonds is 5. The first-order valence-corrected chi connectivity index (χ1v) is 8.09. The van der Waals surface area contributed by atoms with Crippen molar-refractivity contribution in [1.82, 2.24) is 5.32 Å². The van der Waals surface area contributed by atoms with Gasteiger partial charge in [-0.2, -0.15) is 0 Å². The molecule has 2 aromatic rings. The van der Waals surface area contributed by atoms with Crippen LogP contribution in [0.15, 0.2) is 40.9 Å². The van der Waals surface area contributed by atoms with E-state index in [0.717, 1.165) is 16.5 Å². The van der Waals surface area contributed by atoms with Gasteiger partial charge in [0.1, 0.15) is 5.82 Å². The molecule has 1 nitrogen and oxygen atoms in total. The fourth-order valence-corrected chi connectivity index (χ4v) is 2.92. The van der Waals surface area contributed by atoms with Crippen molar-refractivity contribution in [2.24, 2.45) is 0 Å². The Balaban J connectivity index is 2.12. The van der Waals surface area contributed by atoms with E-state index >= 15 is 0 Å². The fourth-order valence-electron chi connectivity index (χ4n) is 2.19. The van der Waals surface area contributed by atoms with Gasteiger partial charge in [-0.1, -0.05) is 45.2 Å². The minimum Gasteiger partial charge on any atom is -0.316 e. The van der Waals surface area contributed by atoms with Gasteiger partial charge in [0, 0.05) is 10.5 Å². The van der Waals surface area contributed by atoms with Gasteiger partial charge in [-0.25, -0.2) is 4.39 Å². The summed E-state index contributed by atoms with van der Waals surface area (Å²) in [6.07, 6.45) is 1.35. The number of halogens is 4. The minimum absolute atomic E-state index is 0.117. The van der Waals surface area contributed by atoms with Gasteiger partial charge in [0.05, 0.1) is 10.0 Å². The maximum atomic E-state index is 13.8. The van der Waals surface area contributed by atoms with E-state index in [-0.39, 0.29) is 11.9 Å². The summed E-state index contributed by atoms with van der Waals surface area (Å²) in [7, 11) is 1.87. The molecule has 0 fully saturated rings. The Morgan fingerprint density at radius 2 is 1.86 bits per heavy atom. The molecule has 112 valence electrons. The van der Waals surface area contributed by atoms with Crippen molar-refractivity contribution in [2.75, 3.05) is 7.05 Å². The molecule has 0 heterocycles. The molecular weight excluding hydrogens is 376 g/mol. The van der Waals surface area contributed by atoms with Crippen LogP contribution in [0.1, 0.15) is 11.1 Å². The predicted molar refractivity (Wildman–Crippen MR) is 90.8 cm³/mol. The second-order valence-corrected chi connectivity index (χ2v) is 6.61. The second kappa shape index (κ2) is 7.59. The van der Waals surface area contributed by atoms with Gasteiger partial charge >= 0.3 is 0 Å². The molecule has 2 rings (SSSR count). The van der Waals surface area contributed by atoms with Crippen molar-refractivity contribution in [2.45, 2.75) is 18.9 Å². The van der Waals surface area contributed by atoms with Gasteiger partial charge < -0.3 is 5.32 Å². The van der Waals surface area contributed by atoms with Crippen LogP contribution in [0, 0.1) is 5.82 Å². The van der Waals surface area contributed by atoms with Crippen molar-refractivity contribution < 1.29 is 4.39 Å². The molecule has 0 aromatic heterocycles. The van der Waals surface area contributed by atoms with Crippen molar-refractivity contribution in [1.29, 1.82) is 0 Å². The number of nitrogens with one attached hydrogen (secondary N) is 1. The maximum Gasteiger partial charge on any atom is 0.126 e. The molecule has 0 saturated carbocycles. The van der Waals surface area contributed by atoms with Crippen LogP contribution in [0.25, 0.3) is 0 Å². The van der Waals surface area contributed by atoms with E-state index in [0.29, 0.717) is 22.0 Å². The summed E-state index contributed by atoms with van der Waals surface area (Å²) in [5.41, 5.74) is 1.75.